The van der Waals surface area contributed by atoms with Crippen LogP contribution in [0, 0.1) is 6.92 Å². The predicted molar refractivity (Wildman–Crippen MR) is 84.5 cm³/mol. The standard InChI is InChI=1S/C14H19N3OS.ClH/c1-10-8-17(6-5-15-10)9-12-11(2)18-14(16-12)13-4-3-7-19-13;/h3-4,7,10,15H,5-6,8-9H2,1-2H3;1H. The van der Waals surface area contributed by atoms with Crippen molar-refractivity contribution in [2.75, 3.05) is 19.6 Å². The Kier molecular flexibility index (Phi) is 5.21. The van der Waals surface area contributed by atoms with E-state index in [-0.39, 0.29) is 12.4 Å². The highest BCUT2D eigenvalue weighted by molar-refractivity contribution is 7.13. The van der Waals surface area contributed by atoms with E-state index < -0.39 is 0 Å². The molecule has 1 atom stereocenters. The number of nitrogens with zero attached hydrogens (tertiary/aromatic N) is 2. The lowest BCUT2D eigenvalue weighted by atomic mass is 10.2. The van der Waals surface area contributed by atoms with Crippen LogP contribution in [0.5, 0.6) is 0 Å². The van der Waals surface area contributed by atoms with Crippen LogP contribution in [0.1, 0.15) is 18.4 Å². The van der Waals surface area contributed by atoms with Gasteiger partial charge in [0, 0.05) is 32.2 Å². The number of hydrogen-bond acceptors (Lipinski definition) is 5. The second kappa shape index (κ2) is 6.72. The number of aromatic nitrogens is 1. The van der Waals surface area contributed by atoms with Gasteiger partial charge in [-0.25, -0.2) is 4.98 Å². The van der Waals surface area contributed by atoms with E-state index in [4.69, 9.17) is 4.42 Å². The number of oxazole rings is 1. The normalized spacial score (nSPS) is 19.8. The molecule has 0 aliphatic carbocycles. The van der Waals surface area contributed by atoms with Gasteiger partial charge in [-0.2, -0.15) is 0 Å². The highest BCUT2D eigenvalue weighted by atomic mass is 35.5. The van der Waals surface area contributed by atoms with Crippen molar-refractivity contribution in [2.45, 2.75) is 26.4 Å². The molecule has 1 fully saturated rings. The van der Waals surface area contributed by atoms with Gasteiger partial charge in [0.15, 0.2) is 0 Å². The molecule has 20 heavy (non-hydrogen) atoms. The summed E-state index contributed by atoms with van der Waals surface area (Å²) < 4.78 is 5.78. The number of halogens is 1. The van der Waals surface area contributed by atoms with Gasteiger partial charge in [0.2, 0.25) is 5.89 Å². The van der Waals surface area contributed by atoms with Gasteiger partial charge in [-0.05, 0) is 25.3 Å². The zero-order valence-electron chi connectivity index (χ0n) is 11.8. The molecule has 0 amide bonds. The zero-order chi connectivity index (χ0) is 13.2. The molecule has 4 nitrogen and oxygen atoms in total. The van der Waals surface area contributed by atoms with E-state index >= 15 is 0 Å². The third-order valence-corrected chi connectivity index (χ3v) is 4.31. The Morgan fingerprint density at radius 2 is 2.40 bits per heavy atom. The molecule has 1 unspecified atom stereocenters. The summed E-state index contributed by atoms with van der Waals surface area (Å²) in [6.45, 7) is 8.30. The first-order valence-electron chi connectivity index (χ1n) is 6.68. The molecule has 0 aromatic carbocycles. The van der Waals surface area contributed by atoms with Gasteiger partial charge < -0.3 is 9.73 Å². The van der Waals surface area contributed by atoms with Crippen molar-refractivity contribution in [3.8, 4) is 10.8 Å². The topological polar surface area (TPSA) is 41.3 Å². The van der Waals surface area contributed by atoms with E-state index in [1.807, 2.05) is 24.4 Å². The Bertz CT molecular complexity index is 541. The molecule has 1 aliphatic heterocycles. The Labute approximate surface area is 129 Å². The maximum absolute atomic E-state index is 5.78. The molecule has 6 heteroatoms. The Hall–Kier alpha value is -0.880. The van der Waals surface area contributed by atoms with Crippen LogP contribution in [-0.4, -0.2) is 35.6 Å². The lowest BCUT2D eigenvalue weighted by Crippen LogP contribution is -2.48. The first-order valence-corrected chi connectivity index (χ1v) is 7.56. The molecule has 0 saturated carbocycles. The molecule has 0 radical (unpaired) electrons. The minimum atomic E-state index is 0. The van der Waals surface area contributed by atoms with E-state index in [2.05, 4.69) is 22.1 Å². The molecule has 2 aromatic heterocycles. The van der Waals surface area contributed by atoms with Gasteiger partial charge in [-0.15, -0.1) is 23.7 Å². The van der Waals surface area contributed by atoms with Gasteiger partial charge in [-0.3, -0.25) is 4.90 Å². The van der Waals surface area contributed by atoms with Gasteiger partial charge in [-0.1, -0.05) is 6.07 Å². The average Bonchev–Trinajstić information content (AvgIpc) is 3.00. The van der Waals surface area contributed by atoms with Crippen LogP contribution < -0.4 is 5.32 Å². The van der Waals surface area contributed by atoms with Crippen LogP contribution >= 0.6 is 23.7 Å². The van der Waals surface area contributed by atoms with E-state index in [0.29, 0.717) is 6.04 Å². The molecule has 2 aromatic rings. The van der Waals surface area contributed by atoms with Gasteiger partial charge >= 0.3 is 0 Å². The largest absolute Gasteiger partial charge is 0.440 e. The molecule has 1 N–H and O–H groups in total. The maximum Gasteiger partial charge on any atom is 0.236 e. The summed E-state index contributed by atoms with van der Waals surface area (Å²) in [5.74, 6) is 1.69. The maximum atomic E-state index is 5.78. The van der Waals surface area contributed by atoms with Crippen LogP contribution in [-0.2, 0) is 6.54 Å². The van der Waals surface area contributed by atoms with Gasteiger partial charge in [0.25, 0.3) is 0 Å². The van der Waals surface area contributed by atoms with Crippen LogP contribution in [0.25, 0.3) is 10.8 Å². The van der Waals surface area contributed by atoms with E-state index in [1.54, 1.807) is 11.3 Å². The smallest absolute Gasteiger partial charge is 0.236 e. The SMILES string of the molecule is Cc1oc(-c2cccs2)nc1CN1CCNC(C)C1.Cl. The molecule has 0 spiro atoms. The van der Waals surface area contributed by atoms with Crippen molar-refractivity contribution in [2.24, 2.45) is 0 Å². The fourth-order valence-corrected chi connectivity index (χ4v) is 3.10. The van der Waals surface area contributed by atoms with Crippen LogP contribution in [0.15, 0.2) is 21.9 Å². The molecule has 1 saturated heterocycles. The first kappa shape index (κ1) is 15.5. The van der Waals surface area contributed by atoms with Crippen molar-refractivity contribution in [1.29, 1.82) is 0 Å². The highest BCUT2D eigenvalue weighted by Crippen LogP contribution is 2.26. The van der Waals surface area contributed by atoms with Crippen molar-refractivity contribution in [1.82, 2.24) is 15.2 Å². The van der Waals surface area contributed by atoms with Gasteiger partial charge in [0.1, 0.15) is 5.76 Å². The van der Waals surface area contributed by atoms with Gasteiger partial charge in [0.05, 0.1) is 10.6 Å². The molecule has 3 rings (SSSR count). The third kappa shape index (κ3) is 3.41. The predicted octanol–water partition coefficient (Wildman–Crippen LogP) is 2.93. The molecule has 0 bridgehead atoms. The van der Waals surface area contributed by atoms with E-state index in [0.717, 1.165) is 48.4 Å². The Morgan fingerprint density at radius 3 is 3.10 bits per heavy atom. The average molecular weight is 314 g/mol. The summed E-state index contributed by atoms with van der Waals surface area (Å²) >= 11 is 1.66. The van der Waals surface area contributed by atoms with Crippen LogP contribution in [0.4, 0.5) is 0 Å². The van der Waals surface area contributed by atoms with Crippen LogP contribution in [0.3, 0.4) is 0 Å². The summed E-state index contributed by atoms with van der Waals surface area (Å²) in [6, 6.07) is 4.63. The summed E-state index contributed by atoms with van der Waals surface area (Å²) in [5, 5.41) is 5.50. The minimum Gasteiger partial charge on any atom is -0.440 e. The molecular formula is C14H20ClN3OS. The summed E-state index contributed by atoms with van der Waals surface area (Å²) in [4.78, 5) is 8.19. The van der Waals surface area contributed by atoms with Crippen LogP contribution in [0.2, 0.25) is 0 Å². The fraction of sp³-hybridized carbons (Fsp3) is 0.500. The number of nitrogens with one attached hydrogen (secondary N) is 1. The lowest BCUT2D eigenvalue weighted by molar-refractivity contribution is 0.197. The zero-order valence-corrected chi connectivity index (χ0v) is 13.4. The quantitative estimate of drug-likeness (QED) is 0.946. The van der Waals surface area contributed by atoms with Crippen molar-refractivity contribution >= 4 is 23.7 Å². The molecule has 3 heterocycles. The summed E-state index contributed by atoms with van der Waals surface area (Å²) in [5.41, 5.74) is 1.07. The van der Waals surface area contributed by atoms with Crippen molar-refractivity contribution < 1.29 is 4.42 Å². The summed E-state index contributed by atoms with van der Waals surface area (Å²) in [7, 11) is 0. The fourth-order valence-electron chi connectivity index (χ4n) is 2.45. The Balaban J connectivity index is 0.00000147. The van der Waals surface area contributed by atoms with E-state index in [1.165, 1.54) is 0 Å². The minimum absolute atomic E-state index is 0. The van der Waals surface area contributed by atoms with E-state index in [9.17, 15) is 0 Å². The molecule has 110 valence electrons. The monoisotopic (exact) mass is 313 g/mol. The van der Waals surface area contributed by atoms with Crippen molar-refractivity contribution in [3.63, 3.8) is 0 Å². The number of hydrogen-bond donors (Lipinski definition) is 1. The highest BCUT2D eigenvalue weighted by Gasteiger charge is 2.19. The molecular weight excluding hydrogens is 294 g/mol. The second-order valence-electron chi connectivity index (χ2n) is 5.09. The number of thiophene rings is 1. The van der Waals surface area contributed by atoms with Crippen molar-refractivity contribution in [3.05, 3.63) is 29.0 Å². The first-order chi connectivity index (χ1) is 9.22. The summed E-state index contributed by atoms with van der Waals surface area (Å²) in [6.07, 6.45) is 0. The number of piperazine rings is 1. The lowest BCUT2D eigenvalue weighted by Gasteiger charge is -2.31. The Morgan fingerprint density at radius 1 is 1.55 bits per heavy atom. The second-order valence-corrected chi connectivity index (χ2v) is 6.04. The molecule has 1 aliphatic rings. The number of rotatable bonds is 3. The number of aryl methyl sites for hydroxylation is 1. The third-order valence-electron chi connectivity index (χ3n) is 3.45.